The summed E-state index contributed by atoms with van der Waals surface area (Å²) in [5.74, 6) is -3.43. The van der Waals surface area contributed by atoms with Gasteiger partial charge >= 0.3 is 5.97 Å². The lowest BCUT2D eigenvalue weighted by atomic mass is 9.76. The molecule has 0 aliphatic rings. The van der Waals surface area contributed by atoms with Gasteiger partial charge < -0.3 is 15.5 Å². The molecule has 0 bridgehead atoms. The van der Waals surface area contributed by atoms with E-state index in [4.69, 9.17) is 15.5 Å². The van der Waals surface area contributed by atoms with Crippen LogP contribution < -0.4 is 5.73 Å². The Kier molecular flexibility index (Phi) is 5.05. The summed E-state index contributed by atoms with van der Waals surface area (Å²) in [6, 6.07) is 2.93. The summed E-state index contributed by atoms with van der Waals surface area (Å²) in [4.78, 5) is 10.9. The summed E-state index contributed by atoms with van der Waals surface area (Å²) in [6.45, 7) is -0.0959. The number of carboxylic acid groups (broad SMARTS) is 1. The quantitative estimate of drug-likeness (QED) is 0.568. The lowest BCUT2D eigenvalue weighted by molar-refractivity contribution is -0.137. The summed E-state index contributed by atoms with van der Waals surface area (Å²) in [6.07, 6.45) is -0.00991. The van der Waals surface area contributed by atoms with Gasteiger partial charge in [0.2, 0.25) is 0 Å². The summed E-state index contributed by atoms with van der Waals surface area (Å²) in [5.41, 5.74) is 5.36. The number of hydrogen-bond donors (Lipinski definition) is 2. The molecular weight excluding hydrogens is 231 g/mol. The first kappa shape index (κ1) is 13.6. The molecule has 4 nitrogen and oxygen atoms in total. The summed E-state index contributed by atoms with van der Waals surface area (Å²) in [7, 11) is -0.0933. The number of hydrogen-bond acceptors (Lipinski definition) is 3. The fourth-order valence-corrected chi connectivity index (χ4v) is 1.44. The van der Waals surface area contributed by atoms with Gasteiger partial charge in [-0.1, -0.05) is 0 Å². The predicted molar refractivity (Wildman–Crippen MR) is 58.7 cm³/mol. The highest BCUT2D eigenvalue weighted by molar-refractivity contribution is 6.36. The minimum atomic E-state index is -1.09. The van der Waals surface area contributed by atoms with Crippen molar-refractivity contribution < 1.29 is 23.3 Å². The molecule has 0 amide bonds. The molecule has 0 heterocycles. The molecule has 1 aromatic carbocycles. The van der Waals surface area contributed by atoms with Crippen LogP contribution in [0.25, 0.3) is 0 Å². The van der Waals surface area contributed by atoms with Gasteiger partial charge in [-0.15, -0.1) is 0 Å². The van der Waals surface area contributed by atoms with Crippen LogP contribution in [-0.2, 0) is 15.9 Å². The van der Waals surface area contributed by atoms with Crippen molar-refractivity contribution in [2.45, 2.75) is 12.2 Å². The number of carboxylic acids is 1. The van der Waals surface area contributed by atoms with Gasteiger partial charge in [-0.05, 0) is 24.1 Å². The summed E-state index contributed by atoms with van der Waals surface area (Å²) in [5, 5.41) is 8.89. The van der Waals surface area contributed by atoms with Crippen LogP contribution >= 0.6 is 0 Å². The molecule has 0 fully saturated rings. The second kappa shape index (κ2) is 6.31. The average molecular weight is 243 g/mol. The third-order valence-electron chi connectivity index (χ3n) is 2.19. The van der Waals surface area contributed by atoms with Crippen LogP contribution in [0.2, 0.25) is 5.82 Å². The Morgan fingerprint density at radius 2 is 2.00 bits per heavy atom. The maximum atomic E-state index is 12.9. The van der Waals surface area contributed by atoms with E-state index < -0.39 is 23.4 Å². The number of rotatable bonds is 6. The molecule has 0 saturated heterocycles. The van der Waals surface area contributed by atoms with Crippen molar-refractivity contribution in [3.8, 4) is 0 Å². The van der Waals surface area contributed by atoms with E-state index in [1.54, 1.807) is 0 Å². The maximum absolute atomic E-state index is 12.9. The van der Waals surface area contributed by atoms with Crippen LogP contribution in [-0.4, -0.2) is 25.3 Å². The van der Waals surface area contributed by atoms with E-state index in [9.17, 15) is 13.6 Å². The molecule has 0 saturated carbocycles. The Labute approximate surface area is 97.7 Å². The predicted octanol–water partition coefficient (Wildman–Crippen LogP) is 0.665. The van der Waals surface area contributed by atoms with Crippen molar-refractivity contribution in [2.75, 3.05) is 6.73 Å². The first-order chi connectivity index (χ1) is 8.02. The SMILES string of the molecule is NCOB[C@@H](Cc1cc(F)cc(F)c1)C(=O)O. The topological polar surface area (TPSA) is 72.5 Å². The van der Waals surface area contributed by atoms with Crippen molar-refractivity contribution >= 4 is 13.5 Å². The number of benzene rings is 1. The molecule has 3 N–H and O–H groups in total. The molecule has 0 unspecified atom stereocenters. The summed E-state index contributed by atoms with van der Waals surface area (Å²) >= 11 is 0. The molecule has 17 heavy (non-hydrogen) atoms. The fourth-order valence-electron chi connectivity index (χ4n) is 1.44. The van der Waals surface area contributed by atoms with Gasteiger partial charge in [0, 0.05) is 6.07 Å². The Bertz CT molecular complexity index is 383. The molecule has 0 aliphatic carbocycles. The van der Waals surface area contributed by atoms with Gasteiger partial charge in [-0.25, -0.2) is 8.78 Å². The fraction of sp³-hybridized carbons (Fsp3) is 0.300. The van der Waals surface area contributed by atoms with E-state index in [2.05, 4.69) is 0 Å². The smallest absolute Gasteiger partial charge is 0.301 e. The second-order valence-corrected chi connectivity index (χ2v) is 3.55. The van der Waals surface area contributed by atoms with Crippen LogP contribution in [0.5, 0.6) is 0 Å². The van der Waals surface area contributed by atoms with E-state index in [0.29, 0.717) is 0 Å². The minimum Gasteiger partial charge on any atom is -0.481 e. The highest BCUT2D eigenvalue weighted by atomic mass is 19.1. The molecule has 0 aliphatic heterocycles. The molecule has 0 aromatic heterocycles. The van der Waals surface area contributed by atoms with Crippen LogP contribution in [0.4, 0.5) is 8.78 Å². The third kappa shape index (κ3) is 4.50. The Hall–Kier alpha value is -1.47. The van der Waals surface area contributed by atoms with Gasteiger partial charge in [0.1, 0.15) is 11.6 Å². The highest BCUT2D eigenvalue weighted by Crippen LogP contribution is 2.16. The Morgan fingerprint density at radius 1 is 1.41 bits per heavy atom. The number of carbonyl (C=O) groups is 1. The minimum absolute atomic E-state index is 0.00991. The van der Waals surface area contributed by atoms with Gasteiger partial charge in [0.15, 0.2) is 0 Å². The molecule has 0 spiro atoms. The molecule has 1 aromatic rings. The number of aliphatic carboxylic acids is 1. The zero-order chi connectivity index (χ0) is 12.8. The highest BCUT2D eigenvalue weighted by Gasteiger charge is 2.20. The van der Waals surface area contributed by atoms with Crippen LogP contribution in [0, 0.1) is 11.6 Å². The van der Waals surface area contributed by atoms with E-state index in [1.807, 2.05) is 0 Å². The zero-order valence-electron chi connectivity index (χ0n) is 9.03. The van der Waals surface area contributed by atoms with Gasteiger partial charge in [0.25, 0.3) is 7.48 Å². The van der Waals surface area contributed by atoms with Crippen molar-refractivity contribution in [1.82, 2.24) is 0 Å². The van der Waals surface area contributed by atoms with Crippen LogP contribution in [0.3, 0.4) is 0 Å². The molecule has 0 radical (unpaired) electrons. The van der Waals surface area contributed by atoms with Crippen LogP contribution in [0.1, 0.15) is 5.56 Å². The Balaban J connectivity index is 2.74. The molecule has 1 rings (SSSR count). The zero-order valence-corrected chi connectivity index (χ0v) is 9.03. The third-order valence-corrected chi connectivity index (χ3v) is 2.19. The first-order valence-corrected chi connectivity index (χ1v) is 4.98. The van der Waals surface area contributed by atoms with Crippen molar-refractivity contribution in [3.63, 3.8) is 0 Å². The van der Waals surface area contributed by atoms with Crippen molar-refractivity contribution in [1.29, 1.82) is 0 Å². The normalized spacial score (nSPS) is 12.2. The van der Waals surface area contributed by atoms with Gasteiger partial charge in [-0.3, -0.25) is 4.79 Å². The van der Waals surface area contributed by atoms with E-state index >= 15 is 0 Å². The summed E-state index contributed by atoms with van der Waals surface area (Å²) < 4.78 is 30.6. The lowest BCUT2D eigenvalue weighted by Crippen LogP contribution is -2.22. The molecule has 1 atom stereocenters. The van der Waals surface area contributed by atoms with Crippen molar-refractivity contribution in [2.24, 2.45) is 5.73 Å². The van der Waals surface area contributed by atoms with E-state index in [0.717, 1.165) is 18.2 Å². The first-order valence-electron chi connectivity index (χ1n) is 4.98. The van der Waals surface area contributed by atoms with E-state index in [1.165, 1.54) is 0 Å². The number of halogens is 2. The largest absolute Gasteiger partial charge is 0.481 e. The number of nitrogens with two attached hydrogens (primary N) is 1. The maximum Gasteiger partial charge on any atom is 0.301 e. The Morgan fingerprint density at radius 3 is 2.47 bits per heavy atom. The second-order valence-electron chi connectivity index (χ2n) is 3.55. The van der Waals surface area contributed by atoms with Crippen LogP contribution in [0.15, 0.2) is 18.2 Å². The molecular formula is C10H12BF2NO3. The van der Waals surface area contributed by atoms with Gasteiger partial charge in [-0.2, -0.15) is 0 Å². The molecule has 7 heteroatoms. The van der Waals surface area contributed by atoms with Crippen molar-refractivity contribution in [3.05, 3.63) is 35.4 Å². The van der Waals surface area contributed by atoms with E-state index in [-0.39, 0.29) is 26.2 Å². The monoisotopic (exact) mass is 243 g/mol. The average Bonchev–Trinajstić information content (AvgIpc) is 2.22. The standard InChI is InChI=1S/C10H12BF2NO3/c12-7-1-6(2-8(13)4-7)3-9(10(15)16)11-17-5-14/h1-2,4,9,11H,3,5,14H2,(H,15,16)/t9-/m0/s1. The van der Waals surface area contributed by atoms with Gasteiger partial charge in [0.05, 0.1) is 12.5 Å². The molecule has 92 valence electrons. The lowest BCUT2D eigenvalue weighted by Gasteiger charge is -2.10.